The summed E-state index contributed by atoms with van der Waals surface area (Å²) in [6.07, 6.45) is 3.17. The normalized spacial score (nSPS) is 24.7. The highest BCUT2D eigenvalue weighted by Crippen LogP contribution is 2.32. The van der Waals surface area contributed by atoms with Crippen LogP contribution in [0.5, 0.6) is 0 Å². The molecule has 24 heavy (non-hydrogen) atoms. The number of carbonyl (C=O) groups is 2. The molecule has 1 aliphatic heterocycles. The zero-order chi connectivity index (χ0) is 17.1. The number of hydrogen-bond donors (Lipinski definition) is 1. The SMILES string of the molecule is O=C(O)[C@@H]1CCCC[C@@H]1C(=O)N1CCN(c2cccc(Cl)c2)CC1. The second-order valence-corrected chi connectivity index (χ2v) is 7.06. The lowest BCUT2D eigenvalue weighted by Crippen LogP contribution is -2.52. The molecule has 1 aliphatic carbocycles. The highest BCUT2D eigenvalue weighted by molar-refractivity contribution is 6.30. The van der Waals surface area contributed by atoms with Crippen LogP contribution >= 0.6 is 11.6 Å². The molecular formula is C18H23ClN2O3. The second-order valence-electron chi connectivity index (χ2n) is 6.63. The molecule has 0 unspecified atom stereocenters. The van der Waals surface area contributed by atoms with Crippen molar-refractivity contribution in [1.82, 2.24) is 4.90 Å². The highest BCUT2D eigenvalue weighted by atomic mass is 35.5. The van der Waals surface area contributed by atoms with E-state index >= 15 is 0 Å². The maximum absolute atomic E-state index is 12.8. The number of aliphatic carboxylic acids is 1. The van der Waals surface area contributed by atoms with Crippen LogP contribution in [-0.4, -0.2) is 48.1 Å². The standard InChI is InChI=1S/C18H23ClN2O3/c19-13-4-3-5-14(12-13)20-8-10-21(11-9-20)17(22)15-6-1-2-7-16(15)18(23)24/h3-5,12,15-16H,1-2,6-11H2,(H,23,24)/t15-,16+/m0/s1. The lowest BCUT2D eigenvalue weighted by molar-refractivity contribution is -0.152. The van der Waals surface area contributed by atoms with Gasteiger partial charge in [-0.1, -0.05) is 30.5 Å². The van der Waals surface area contributed by atoms with Gasteiger partial charge >= 0.3 is 5.97 Å². The van der Waals surface area contributed by atoms with E-state index in [1.807, 2.05) is 29.2 Å². The predicted octanol–water partition coefficient (Wildman–Crippen LogP) is 2.88. The first-order chi connectivity index (χ1) is 11.6. The van der Waals surface area contributed by atoms with Crippen molar-refractivity contribution < 1.29 is 14.7 Å². The van der Waals surface area contributed by atoms with E-state index in [9.17, 15) is 14.7 Å². The summed E-state index contributed by atoms with van der Waals surface area (Å²) >= 11 is 6.04. The molecule has 1 aromatic rings. The molecule has 5 nitrogen and oxygen atoms in total. The van der Waals surface area contributed by atoms with E-state index in [-0.39, 0.29) is 11.8 Å². The third-order valence-corrected chi connectivity index (χ3v) is 5.40. The van der Waals surface area contributed by atoms with Crippen LogP contribution in [0.3, 0.4) is 0 Å². The summed E-state index contributed by atoms with van der Waals surface area (Å²) in [5, 5.41) is 10.1. The molecule has 1 heterocycles. The van der Waals surface area contributed by atoms with Gasteiger partial charge in [-0.15, -0.1) is 0 Å². The maximum Gasteiger partial charge on any atom is 0.307 e. The number of hydrogen-bond acceptors (Lipinski definition) is 3. The van der Waals surface area contributed by atoms with E-state index in [0.29, 0.717) is 31.0 Å². The number of amides is 1. The van der Waals surface area contributed by atoms with Gasteiger partial charge in [0.1, 0.15) is 0 Å². The minimum atomic E-state index is -0.828. The van der Waals surface area contributed by atoms with Crippen LogP contribution in [0.2, 0.25) is 5.02 Å². The number of carboxylic acid groups (broad SMARTS) is 1. The van der Waals surface area contributed by atoms with Gasteiger partial charge in [-0.25, -0.2) is 0 Å². The molecule has 2 atom stereocenters. The Morgan fingerprint density at radius 3 is 2.33 bits per heavy atom. The molecule has 1 saturated heterocycles. The summed E-state index contributed by atoms with van der Waals surface area (Å²) in [6.45, 7) is 2.76. The van der Waals surface area contributed by atoms with Crippen molar-refractivity contribution in [2.45, 2.75) is 25.7 Å². The lowest BCUT2D eigenvalue weighted by atomic mass is 9.78. The van der Waals surface area contributed by atoms with E-state index in [2.05, 4.69) is 4.90 Å². The first kappa shape index (κ1) is 17.1. The average Bonchev–Trinajstić information content (AvgIpc) is 2.61. The van der Waals surface area contributed by atoms with Crippen LogP contribution in [0.4, 0.5) is 5.69 Å². The second kappa shape index (κ2) is 7.43. The number of anilines is 1. The van der Waals surface area contributed by atoms with Crippen molar-refractivity contribution in [3.8, 4) is 0 Å². The monoisotopic (exact) mass is 350 g/mol. The van der Waals surface area contributed by atoms with Gasteiger partial charge in [-0.2, -0.15) is 0 Å². The topological polar surface area (TPSA) is 60.9 Å². The predicted molar refractivity (Wildman–Crippen MR) is 93.3 cm³/mol. The van der Waals surface area contributed by atoms with E-state index < -0.39 is 11.9 Å². The van der Waals surface area contributed by atoms with Gasteiger partial charge in [0.05, 0.1) is 11.8 Å². The first-order valence-electron chi connectivity index (χ1n) is 8.58. The average molecular weight is 351 g/mol. The zero-order valence-electron chi connectivity index (χ0n) is 13.7. The minimum absolute atomic E-state index is 0.0212. The molecule has 2 fully saturated rings. The van der Waals surface area contributed by atoms with Crippen LogP contribution in [0.25, 0.3) is 0 Å². The van der Waals surface area contributed by atoms with Crippen LogP contribution < -0.4 is 4.90 Å². The number of nitrogens with zero attached hydrogens (tertiary/aromatic N) is 2. The Labute approximate surface area is 147 Å². The molecule has 6 heteroatoms. The fourth-order valence-corrected chi connectivity index (χ4v) is 4.00. The summed E-state index contributed by atoms with van der Waals surface area (Å²) in [5.41, 5.74) is 1.07. The Kier molecular flexibility index (Phi) is 5.29. The Balaban J connectivity index is 1.61. The fourth-order valence-electron chi connectivity index (χ4n) is 3.81. The van der Waals surface area contributed by atoms with Gasteiger partial charge in [0.25, 0.3) is 0 Å². The molecule has 0 bridgehead atoms. The van der Waals surface area contributed by atoms with Gasteiger partial charge in [0.2, 0.25) is 5.91 Å². The number of carbonyl (C=O) groups excluding carboxylic acids is 1. The largest absolute Gasteiger partial charge is 0.481 e. The van der Waals surface area contributed by atoms with Gasteiger partial charge in [0, 0.05) is 36.9 Å². The highest BCUT2D eigenvalue weighted by Gasteiger charge is 2.38. The third kappa shape index (κ3) is 3.66. The van der Waals surface area contributed by atoms with Crippen LogP contribution in [0.1, 0.15) is 25.7 Å². The number of carboxylic acids is 1. The maximum atomic E-state index is 12.8. The lowest BCUT2D eigenvalue weighted by Gasteiger charge is -2.39. The number of halogens is 1. The van der Waals surface area contributed by atoms with E-state index in [4.69, 9.17) is 11.6 Å². The van der Waals surface area contributed by atoms with E-state index in [0.717, 1.165) is 31.6 Å². The summed E-state index contributed by atoms with van der Waals surface area (Å²) in [7, 11) is 0. The molecule has 0 spiro atoms. The Morgan fingerprint density at radius 1 is 1.04 bits per heavy atom. The van der Waals surface area contributed by atoms with Crippen LogP contribution in [-0.2, 0) is 9.59 Å². The summed E-state index contributed by atoms with van der Waals surface area (Å²) in [6, 6.07) is 7.72. The van der Waals surface area contributed by atoms with Gasteiger partial charge in [-0.3, -0.25) is 9.59 Å². The zero-order valence-corrected chi connectivity index (χ0v) is 14.4. The van der Waals surface area contributed by atoms with Crippen molar-refractivity contribution >= 4 is 29.2 Å². The molecular weight excluding hydrogens is 328 g/mol. The molecule has 1 amide bonds. The summed E-state index contributed by atoms with van der Waals surface area (Å²) in [5.74, 6) is -1.68. The van der Waals surface area contributed by atoms with Crippen molar-refractivity contribution in [1.29, 1.82) is 0 Å². The minimum Gasteiger partial charge on any atom is -0.481 e. The van der Waals surface area contributed by atoms with Crippen molar-refractivity contribution in [3.63, 3.8) is 0 Å². The molecule has 130 valence electrons. The Bertz CT molecular complexity index is 614. The van der Waals surface area contributed by atoms with Gasteiger partial charge in [-0.05, 0) is 31.0 Å². The van der Waals surface area contributed by atoms with Crippen molar-refractivity contribution in [2.75, 3.05) is 31.1 Å². The van der Waals surface area contributed by atoms with Crippen LogP contribution in [0, 0.1) is 11.8 Å². The summed E-state index contributed by atoms with van der Waals surface area (Å²) < 4.78 is 0. The number of benzene rings is 1. The van der Waals surface area contributed by atoms with E-state index in [1.165, 1.54) is 0 Å². The molecule has 1 saturated carbocycles. The van der Waals surface area contributed by atoms with E-state index in [1.54, 1.807) is 0 Å². The summed E-state index contributed by atoms with van der Waals surface area (Å²) in [4.78, 5) is 28.3. The first-order valence-corrected chi connectivity index (χ1v) is 8.96. The third-order valence-electron chi connectivity index (χ3n) is 5.17. The van der Waals surface area contributed by atoms with Crippen molar-refractivity contribution in [2.24, 2.45) is 11.8 Å². The molecule has 0 aromatic heterocycles. The fraction of sp³-hybridized carbons (Fsp3) is 0.556. The smallest absolute Gasteiger partial charge is 0.307 e. The number of rotatable bonds is 3. The molecule has 2 aliphatic rings. The van der Waals surface area contributed by atoms with Gasteiger partial charge < -0.3 is 14.9 Å². The molecule has 3 rings (SSSR count). The molecule has 1 aromatic carbocycles. The molecule has 0 radical (unpaired) electrons. The quantitative estimate of drug-likeness (QED) is 0.910. The van der Waals surface area contributed by atoms with Crippen LogP contribution in [0.15, 0.2) is 24.3 Å². The van der Waals surface area contributed by atoms with Gasteiger partial charge in [0.15, 0.2) is 0 Å². The molecule has 1 N–H and O–H groups in total. The number of piperazine rings is 1. The Morgan fingerprint density at radius 2 is 1.71 bits per heavy atom. The van der Waals surface area contributed by atoms with Crippen molar-refractivity contribution in [3.05, 3.63) is 29.3 Å². The Hall–Kier alpha value is -1.75.